The number of halogens is 1. The van der Waals surface area contributed by atoms with Gasteiger partial charge >= 0.3 is 0 Å². The quantitative estimate of drug-likeness (QED) is 0.682. The largest absolute Gasteiger partial charge is 0.330 e. The number of rotatable bonds is 3. The molecule has 0 amide bonds. The Hall–Kier alpha value is 0.790. The van der Waals surface area contributed by atoms with Gasteiger partial charge in [0.25, 0.3) is 0 Å². The lowest BCUT2D eigenvalue weighted by Crippen LogP contribution is -1.98. The lowest BCUT2D eigenvalue weighted by atomic mass is 11.0. The van der Waals surface area contributed by atoms with Crippen LogP contribution in [0.2, 0.25) is 0 Å². The fourth-order valence-electron chi connectivity index (χ4n) is 0.440. The number of hydrogen-bond acceptors (Lipinski definition) is 1. The smallest absolute Gasteiger partial charge is 0.0492 e. The molecule has 0 saturated carbocycles. The Labute approximate surface area is 60.5 Å². The van der Waals surface area contributed by atoms with Gasteiger partial charge in [-0.25, -0.2) is 0 Å². The molecule has 1 nitrogen and oxygen atoms in total. The Morgan fingerprint density at radius 3 is 1.75 bits per heavy atom. The normalized spacial score (nSPS) is 14.0. The van der Waals surface area contributed by atoms with Gasteiger partial charge in [0, 0.05) is 18.6 Å². The molecule has 0 aromatic heterocycles. The summed E-state index contributed by atoms with van der Waals surface area (Å²) in [6.45, 7) is 4.27. The minimum Gasteiger partial charge on any atom is -0.330 e. The van der Waals surface area contributed by atoms with E-state index in [4.69, 9.17) is 4.18 Å². The maximum atomic E-state index is 5.24. The monoisotopic (exact) mass is 200 g/mol. The van der Waals surface area contributed by atoms with Crippen LogP contribution in [0.4, 0.5) is 0 Å². The third-order valence-electron chi connectivity index (χ3n) is 1.16. The van der Waals surface area contributed by atoms with Gasteiger partial charge in [0.05, 0.1) is 0 Å². The van der Waals surface area contributed by atoms with Crippen molar-refractivity contribution in [3.8, 4) is 0 Å². The predicted octanol–water partition coefficient (Wildman–Crippen LogP) is 2.70. The van der Waals surface area contributed by atoms with Crippen molar-refractivity contribution in [2.45, 2.75) is 13.8 Å². The highest BCUT2D eigenvalue weighted by atomic mass is 79.9. The van der Waals surface area contributed by atoms with Gasteiger partial charge in [0.1, 0.15) is 0 Å². The van der Waals surface area contributed by atoms with E-state index in [-0.39, 0.29) is 0 Å². The van der Waals surface area contributed by atoms with E-state index >= 15 is 0 Å². The van der Waals surface area contributed by atoms with Gasteiger partial charge in [-0.15, -0.1) is 0 Å². The second kappa shape index (κ2) is 3.75. The molecule has 0 aliphatic heterocycles. The fraction of sp³-hybridized carbons (Fsp3) is 1.00. The SMILES string of the molecule is CCS(Br)(CC)OC. The van der Waals surface area contributed by atoms with Crippen LogP contribution in [-0.2, 0) is 4.18 Å². The first-order valence-corrected chi connectivity index (χ1v) is 6.46. The van der Waals surface area contributed by atoms with Gasteiger partial charge in [-0.3, -0.25) is 0 Å². The predicted molar refractivity (Wildman–Crippen MR) is 44.6 cm³/mol. The molecule has 0 aliphatic rings. The highest BCUT2D eigenvalue weighted by Crippen LogP contribution is 2.54. The maximum absolute atomic E-state index is 5.24. The topological polar surface area (TPSA) is 9.23 Å². The summed E-state index contributed by atoms with van der Waals surface area (Å²) in [5.41, 5.74) is 0. The van der Waals surface area contributed by atoms with Crippen molar-refractivity contribution >= 4 is 23.6 Å². The molecule has 0 radical (unpaired) electrons. The lowest BCUT2D eigenvalue weighted by molar-refractivity contribution is 0.476. The van der Waals surface area contributed by atoms with Gasteiger partial charge in [0.15, 0.2) is 0 Å². The first-order chi connectivity index (χ1) is 3.68. The summed E-state index contributed by atoms with van der Waals surface area (Å²) in [5.74, 6) is 2.19. The molecule has 0 N–H and O–H groups in total. The summed E-state index contributed by atoms with van der Waals surface area (Å²) in [6.07, 6.45) is 0. The minimum atomic E-state index is -0.840. The average molecular weight is 201 g/mol. The molecule has 0 spiro atoms. The van der Waals surface area contributed by atoms with Crippen molar-refractivity contribution in [1.82, 2.24) is 0 Å². The molecule has 0 fully saturated rings. The second-order valence-electron chi connectivity index (χ2n) is 1.47. The van der Waals surface area contributed by atoms with Crippen LogP contribution in [0.3, 0.4) is 0 Å². The van der Waals surface area contributed by atoms with Gasteiger partial charge < -0.3 is 4.18 Å². The summed E-state index contributed by atoms with van der Waals surface area (Å²) < 4.78 is 5.24. The van der Waals surface area contributed by atoms with E-state index in [1.165, 1.54) is 0 Å². The number of hydrogen-bond donors (Lipinski definition) is 0. The van der Waals surface area contributed by atoms with Crippen LogP contribution < -0.4 is 0 Å². The van der Waals surface area contributed by atoms with Crippen molar-refractivity contribution in [2.24, 2.45) is 0 Å². The Kier molecular flexibility index (Phi) is 4.12. The first kappa shape index (κ1) is 8.79. The van der Waals surface area contributed by atoms with Gasteiger partial charge in [-0.05, 0) is 14.8 Å². The molecule has 0 aliphatic carbocycles. The van der Waals surface area contributed by atoms with Crippen LogP contribution >= 0.6 is 23.6 Å². The van der Waals surface area contributed by atoms with Crippen LogP contribution in [-0.4, -0.2) is 18.6 Å². The van der Waals surface area contributed by atoms with Crippen molar-refractivity contribution < 1.29 is 4.18 Å². The molecule has 0 aromatic carbocycles. The zero-order chi connectivity index (χ0) is 6.62. The Morgan fingerprint density at radius 1 is 1.38 bits per heavy atom. The molecule has 0 heterocycles. The third kappa shape index (κ3) is 2.37. The van der Waals surface area contributed by atoms with Crippen molar-refractivity contribution in [3.05, 3.63) is 0 Å². The summed E-state index contributed by atoms with van der Waals surface area (Å²) in [4.78, 5) is 0. The first-order valence-electron chi connectivity index (χ1n) is 2.72. The molecule has 0 bridgehead atoms. The van der Waals surface area contributed by atoms with E-state index in [2.05, 4.69) is 28.7 Å². The Morgan fingerprint density at radius 2 is 1.75 bits per heavy atom. The van der Waals surface area contributed by atoms with Crippen LogP contribution in [0.25, 0.3) is 0 Å². The second-order valence-corrected chi connectivity index (χ2v) is 7.94. The van der Waals surface area contributed by atoms with Gasteiger partial charge in [-0.1, -0.05) is 22.6 Å². The highest BCUT2D eigenvalue weighted by molar-refractivity contribution is 9.57. The third-order valence-corrected chi connectivity index (χ3v) is 7.02. The summed E-state index contributed by atoms with van der Waals surface area (Å²) in [7, 11) is 0.921. The molecule has 0 aromatic rings. The van der Waals surface area contributed by atoms with Crippen LogP contribution in [0.1, 0.15) is 13.8 Å². The minimum absolute atomic E-state index is 0.840. The van der Waals surface area contributed by atoms with Crippen LogP contribution in [0.5, 0.6) is 0 Å². The molecule has 0 unspecified atom stereocenters. The summed E-state index contributed by atoms with van der Waals surface area (Å²) in [6, 6.07) is 0. The zero-order valence-electron chi connectivity index (χ0n) is 5.61. The van der Waals surface area contributed by atoms with Crippen molar-refractivity contribution in [1.29, 1.82) is 0 Å². The lowest BCUT2D eigenvalue weighted by Gasteiger charge is -2.27. The highest BCUT2D eigenvalue weighted by Gasteiger charge is 2.12. The van der Waals surface area contributed by atoms with Crippen molar-refractivity contribution in [3.63, 3.8) is 0 Å². The maximum Gasteiger partial charge on any atom is 0.0492 e. The van der Waals surface area contributed by atoms with E-state index in [1.807, 2.05) is 0 Å². The molecule has 8 heavy (non-hydrogen) atoms. The summed E-state index contributed by atoms with van der Waals surface area (Å²) in [5, 5.41) is 0. The van der Waals surface area contributed by atoms with E-state index in [1.54, 1.807) is 7.11 Å². The van der Waals surface area contributed by atoms with Crippen molar-refractivity contribution in [2.75, 3.05) is 18.6 Å². The van der Waals surface area contributed by atoms with Gasteiger partial charge in [-0.2, -0.15) is 0 Å². The standard InChI is InChI=1S/C5H13BrOS/c1-4-8(6,5-2)7-3/h4-5H2,1-3H3. The Balaban J connectivity index is 3.58. The molecule has 0 atom stereocenters. The van der Waals surface area contributed by atoms with E-state index in [0.717, 1.165) is 11.5 Å². The molecule has 52 valence electrons. The van der Waals surface area contributed by atoms with Crippen LogP contribution in [0.15, 0.2) is 0 Å². The van der Waals surface area contributed by atoms with Gasteiger partial charge in [0.2, 0.25) is 0 Å². The molecular weight excluding hydrogens is 188 g/mol. The van der Waals surface area contributed by atoms with E-state index in [0.29, 0.717) is 0 Å². The van der Waals surface area contributed by atoms with E-state index < -0.39 is 8.74 Å². The molecule has 0 saturated heterocycles. The zero-order valence-corrected chi connectivity index (χ0v) is 8.01. The van der Waals surface area contributed by atoms with Crippen LogP contribution in [0, 0.1) is 0 Å². The average Bonchev–Trinajstić information content (AvgIpc) is 1.87. The van der Waals surface area contributed by atoms with E-state index in [9.17, 15) is 0 Å². The summed E-state index contributed by atoms with van der Waals surface area (Å²) >= 11 is 3.54. The molecule has 3 heteroatoms. The molecular formula is C5H13BrOS. The molecule has 0 rings (SSSR count). The fourth-order valence-corrected chi connectivity index (χ4v) is 1.32. The Bertz CT molecular complexity index is 55.2.